The molecule has 0 heterocycles. The Balaban J connectivity index is 2.68. The summed E-state index contributed by atoms with van der Waals surface area (Å²) in [6.07, 6.45) is 0.381. The molecule has 1 aromatic carbocycles. The van der Waals surface area contributed by atoms with Gasteiger partial charge < -0.3 is 20.5 Å². The van der Waals surface area contributed by atoms with Crippen molar-refractivity contribution in [2.45, 2.75) is 12.5 Å². The van der Waals surface area contributed by atoms with Crippen molar-refractivity contribution in [3.05, 3.63) is 28.3 Å². The number of nitrogens with zero attached hydrogens (tertiary/aromatic N) is 1. The first kappa shape index (κ1) is 15.7. The van der Waals surface area contributed by atoms with E-state index >= 15 is 0 Å². The smallest absolute Gasteiger partial charge is 0.273 e. The molecule has 0 bridgehead atoms. The van der Waals surface area contributed by atoms with Gasteiger partial charge >= 0.3 is 0 Å². The maximum atomic E-state index is 11.0. The third-order valence-corrected chi connectivity index (χ3v) is 2.71. The van der Waals surface area contributed by atoms with Crippen LogP contribution < -0.4 is 20.5 Å². The summed E-state index contributed by atoms with van der Waals surface area (Å²) in [6, 6.07) is 3.56. The van der Waals surface area contributed by atoms with E-state index in [4.69, 9.17) is 15.2 Å². The molecule has 1 aromatic rings. The van der Waals surface area contributed by atoms with Gasteiger partial charge in [-0.25, -0.2) is 0 Å². The van der Waals surface area contributed by atoms with E-state index in [0.29, 0.717) is 12.2 Å². The third kappa shape index (κ3) is 4.09. The summed E-state index contributed by atoms with van der Waals surface area (Å²) in [5.41, 5.74) is 5.10. The van der Waals surface area contributed by atoms with Crippen LogP contribution in [-0.2, 0) is 4.79 Å². The van der Waals surface area contributed by atoms with Crippen molar-refractivity contribution in [2.24, 2.45) is 5.73 Å². The van der Waals surface area contributed by atoms with Gasteiger partial charge in [0, 0.05) is 12.5 Å². The lowest BCUT2D eigenvalue weighted by Gasteiger charge is -2.14. The average Bonchev–Trinajstić information content (AvgIpc) is 2.43. The zero-order valence-electron chi connectivity index (χ0n) is 11.3. The molecule has 8 heteroatoms. The van der Waals surface area contributed by atoms with Crippen LogP contribution in [0.2, 0.25) is 0 Å². The number of nitro benzene ring substituents is 1. The molecule has 110 valence electrons. The van der Waals surface area contributed by atoms with Crippen LogP contribution in [0.4, 0.5) is 5.69 Å². The number of benzene rings is 1. The molecular weight excluding hydrogens is 266 g/mol. The van der Waals surface area contributed by atoms with Crippen LogP contribution in [0.15, 0.2) is 18.2 Å². The number of likely N-dealkylation sites (N-methyl/N-ethyl adjacent to an activating group) is 1. The zero-order valence-corrected chi connectivity index (χ0v) is 11.3. The SMILES string of the molecule is CNC(CCOc1ccc([N+](=O)[O-])cc1OC)C(N)=O. The first-order valence-electron chi connectivity index (χ1n) is 5.91. The number of amides is 1. The lowest BCUT2D eigenvalue weighted by molar-refractivity contribution is -0.385. The minimum absolute atomic E-state index is 0.0839. The number of carbonyl (C=O) groups excluding carboxylic acids is 1. The Morgan fingerprint density at radius 1 is 1.50 bits per heavy atom. The second-order valence-electron chi connectivity index (χ2n) is 3.97. The molecule has 0 fully saturated rings. The molecule has 0 aliphatic rings. The molecule has 0 saturated carbocycles. The van der Waals surface area contributed by atoms with Gasteiger partial charge in [-0.3, -0.25) is 14.9 Å². The van der Waals surface area contributed by atoms with E-state index in [9.17, 15) is 14.9 Å². The van der Waals surface area contributed by atoms with E-state index in [1.54, 1.807) is 7.05 Å². The second-order valence-corrected chi connectivity index (χ2v) is 3.97. The van der Waals surface area contributed by atoms with Crippen LogP contribution in [0.1, 0.15) is 6.42 Å². The predicted octanol–water partition coefficient (Wildman–Crippen LogP) is 0.446. The van der Waals surface area contributed by atoms with Crippen LogP contribution in [0.5, 0.6) is 11.5 Å². The Morgan fingerprint density at radius 2 is 2.20 bits per heavy atom. The van der Waals surface area contributed by atoms with E-state index in [1.807, 2.05) is 0 Å². The minimum Gasteiger partial charge on any atom is -0.493 e. The van der Waals surface area contributed by atoms with Gasteiger partial charge in [0.2, 0.25) is 5.91 Å². The first-order valence-corrected chi connectivity index (χ1v) is 5.91. The van der Waals surface area contributed by atoms with Gasteiger partial charge in [0.15, 0.2) is 11.5 Å². The maximum absolute atomic E-state index is 11.0. The minimum atomic E-state index is -0.517. The molecule has 0 saturated heterocycles. The third-order valence-electron chi connectivity index (χ3n) is 2.71. The fourth-order valence-electron chi connectivity index (χ4n) is 1.60. The van der Waals surface area contributed by atoms with Crippen molar-refractivity contribution in [2.75, 3.05) is 20.8 Å². The summed E-state index contributed by atoms with van der Waals surface area (Å²) in [5.74, 6) is 0.170. The van der Waals surface area contributed by atoms with Crippen molar-refractivity contribution in [1.82, 2.24) is 5.32 Å². The summed E-state index contributed by atoms with van der Waals surface area (Å²) in [5, 5.41) is 13.4. The number of methoxy groups -OCH3 is 1. The molecule has 0 aromatic heterocycles. The van der Waals surface area contributed by atoms with Gasteiger partial charge in [0.25, 0.3) is 5.69 Å². The molecule has 1 atom stereocenters. The van der Waals surface area contributed by atoms with Crippen LogP contribution >= 0.6 is 0 Å². The van der Waals surface area contributed by atoms with Gasteiger partial charge in [-0.05, 0) is 13.1 Å². The van der Waals surface area contributed by atoms with Crippen molar-refractivity contribution in [1.29, 1.82) is 0 Å². The summed E-state index contributed by atoms with van der Waals surface area (Å²) in [6.45, 7) is 0.225. The van der Waals surface area contributed by atoms with Crippen LogP contribution in [0.3, 0.4) is 0 Å². The van der Waals surface area contributed by atoms with Gasteiger partial charge in [-0.1, -0.05) is 0 Å². The number of rotatable bonds is 8. The summed E-state index contributed by atoms with van der Waals surface area (Å²) in [7, 11) is 3.02. The highest BCUT2D eigenvalue weighted by Crippen LogP contribution is 2.31. The van der Waals surface area contributed by atoms with Gasteiger partial charge in [-0.15, -0.1) is 0 Å². The predicted molar refractivity (Wildman–Crippen MR) is 71.8 cm³/mol. The topological polar surface area (TPSA) is 117 Å². The maximum Gasteiger partial charge on any atom is 0.273 e. The number of nitro groups is 1. The molecule has 3 N–H and O–H groups in total. The average molecular weight is 283 g/mol. The standard InChI is InChI=1S/C12H17N3O5/c1-14-9(12(13)16)5-6-20-10-4-3-8(15(17)18)7-11(10)19-2/h3-4,7,9,14H,5-6H2,1-2H3,(H2,13,16). The van der Waals surface area contributed by atoms with Crippen molar-refractivity contribution in [3.8, 4) is 11.5 Å². The molecule has 8 nitrogen and oxygen atoms in total. The molecule has 0 spiro atoms. The molecule has 1 amide bonds. The fourth-order valence-corrected chi connectivity index (χ4v) is 1.60. The largest absolute Gasteiger partial charge is 0.493 e. The van der Waals surface area contributed by atoms with Crippen molar-refractivity contribution in [3.63, 3.8) is 0 Å². The number of nitrogens with one attached hydrogen (secondary N) is 1. The Labute approximate surface area is 116 Å². The molecule has 1 rings (SSSR count). The van der Waals surface area contributed by atoms with Crippen LogP contribution in [-0.4, -0.2) is 37.6 Å². The lowest BCUT2D eigenvalue weighted by Crippen LogP contribution is -2.40. The molecule has 1 unspecified atom stereocenters. The van der Waals surface area contributed by atoms with E-state index < -0.39 is 16.9 Å². The van der Waals surface area contributed by atoms with Crippen LogP contribution in [0, 0.1) is 10.1 Å². The number of ether oxygens (including phenoxy) is 2. The van der Waals surface area contributed by atoms with E-state index in [-0.39, 0.29) is 18.0 Å². The highest BCUT2D eigenvalue weighted by atomic mass is 16.6. The van der Waals surface area contributed by atoms with Crippen LogP contribution in [0.25, 0.3) is 0 Å². The number of nitrogens with two attached hydrogens (primary N) is 1. The molecule has 20 heavy (non-hydrogen) atoms. The van der Waals surface area contributed by atoms with Gasteiger partial charge in [-0.2, -0.15) is 0 Å². The summed E-state index contributed by atoms with van der Waals surface area (Å²) < 4.78 is 10.5. The quantitative estimate of drug-likeness (QED) is 0.528. The summed E-state index contributed by atoms with van der Waals surface area (Å²) >= 11 is 0. The Morgan fingerprint density at radius 3 is 2.70 bits per heavy atom. The number of carbonyl (C=O) groups is 1. The number of non-ortho nitro benzene ring substituents is 1. The number of hydrogen-bond acceptors (Lipinski definition) is 6. The van der Waals surface area contributed by atoms with Gasteiger partial charge in [0.1, 0.15) is 0 Å². The monoisotopic (exact) mass is 283 g/mol. The first-order chi connectivity index (χ1) is 9.49. The van der Waals surface area contributed by atoms with Crippen molar-refractivity contribution >= 4 is 11.6 Å². The Bertz CT molecular complexity index is 492. The van der Waals surface area contributed by atoms with E-state index in [2.05, 4.69) is 5.32 Å². The van der Waals surface area contributed by atoms with Gasteiger partial charge in [0.05, 0.1) is 30.7 Å². The Kier molecular flexibility index (Phi) is 5.73. The normalized spacial score (nSPS) is 11.7. The highest BCUT2D eigenvalue weighted by molar-refractivity contribution is 5.79. The van der Waals surface area contributed by atoms with E-state index in [1.165, 1.54) is 25.3 Å². The Hall–Kier alpha value is -2.35. The highest BCUT2D eigenvalue weighted by Gasteiger charge is 2.15. The second kappa shape index (κ2) is 7.29. The van der Waals surface area contributed by atoms with E-state index in [0.717, 1.165) is 0 Å². The fraction of sp³-hybridized carbons (Fsp3) is 0.417. The molecule has 0 aliphatic heterocycles. The lowest BCUT2D eigenvalue weighted by atomic mass is 10.2. The number of primary amides is 1. The molecular formula is C12H17N3O5. The van der Waals surface area contributed by atoms with Crippen molar-refractivity contribution < 1.29 is 19.2 Å². The summed E-state index contributed by atoms with van der Waals surface area (Å²) in [4.78, 5) is 21.1. The molecule has 0 radical (unpaired) electrons. The molecule has 0 aliphatic carbocycles. The number of hydrogen-bond donors (Lipinski definition) is 2. The zero-order chi connectivity index (χ0) is 15.1.